The maximum Gasteiger partial charge on any atom is 0.339 e. The lowest BCUT2D eigenvalue weighted by Gasteiger charge is -2.10. The Balaban J connectivity index is 2.35. The van der Waals surface area contributed by atoms with E-state index in [9.17, 15) is 18.3 Å². The van der Waals surface area contributed by atoms with Crippen LogP contribution in [0.2, 0.25) is 0 Å². The first kappa shape index (κ1) is 15.4. The third-order valence-corrected chi connectivity index (χ3v) is 4.92. The van der Waals surface area contributed by atoms with Crippen LogP contribution < -0.4 is 4.72 Å². The van der Waals surface area contributed by atoms with Gasteiger partial charge in [-0.1, -0.05) is 0 Å². The predicted molar refractivity (Wildman–Crippen MR) is 75.9 cm³/mol. The average molecular weight is 328 g/mol. The second kappa shape index (κ2) is 5.80. The van der Waals surface area contributed by atoms with Gasteiger partial charge in [0.2, 0.25) is 10.0 Å². The van der Waals surface area contributed by atoms with Crippen LogP contribution >= 0.6 is 11.3 Å². The third kappa shape index (κ3) is 3.38. The number of carboxylic acids is 1. The lowest BCUT2D eigenvalue weighted by atomic mass is 10.1. The smallest absolute Gasteiger partial charge is 0.339 e. The predicted octanol–water partition coefficient (Wildman–Crippen LogP) is 1.33. The number of hydrogen-bond donors (Lipinski definition) is 3. The number of aryl methyl sites for hydroxylation is 1. The number of aromatic hydroxyl groups is 1. The van der Waals surface area contributed by atoms with E-state index >= 15 is 0 Å². The van der Waals surface area contributed by atoms with Gasteiger partial charge in [0.25, 0.3) is 0 Å². The summed E-state index contributed by atoms with van der Waals surface area (Å²) >= 11 is 1.34. The number of phenols is 1. The zero-order valence-corrected chi connectivity index (χ0v) is 12.5. The van der Waals surface area contributed by atoms with Crippen LogP contribution in [0.4, 0.5) is 0 Å². The molecule has 3 N–H and O–H groups in total. The number of hydrogen-bond acceptors (Lipinski definition) is 6. The highest BCUT2D eigenvalue weighted by Gasteiger charge is 2.21. The number of nitrogens with one attached hydrogen (secondary N) is 1. The molecule has 0 radical (unpaired) electrons. The molecule has 0 aliphatic rings. The summed E-state index contributed by atoms with van der Waals surface area (Å²) in [5, 5.41) is 20.2. The van der Waals surface area contributed by atoms with Gasteiger partial charge in [-0.3, -0.25) is 0 Å². The first-order chi connectivity index (χ1) is 9.81. The number of carbonyl (C=O) groups is 1. The molecule has 0 unspecified atom stereocenters. The number of aromatic carboxylic acids is 1. The number of nitrogens with zero attached hydrogens (tertiary/aromatic N) is 1. The van der Waals surface area contributed by atoms with E-state index in [1.807, 2.05) is 0 Å². The van der Waals surface area contributed by atoms with Crippen LogP contribution in [-0.4, -0.2) is 29.6 Å². The van der Waals surface area contributed by atoms with Gasteiger partial charge in [-0.25, -0.2) is 22.9 Å². The largest absolute Gasteiger partial charge is 0.507 e. The topological polar surface area (TPSA) is 117 Å². The van der Waals surface area contributed by atoms with Crippen molar-refractivity contribution in [3.8, 4) is 5.75 Å². The zero-order valence-electron chi connectivity index (χ0n) is 10.9. The number of rotatable bonds is 5. The Morgan fingerprint density at radius 1 is 1.43 bits per heavy atom. The van der Waals surface area contributed by atoms with Crippen LogP contribution in [0.25, 0.3) is 0 Å². The molecule has 0 aliphatic heterocycles. The van der Waals surface area contributed by atoms with Gasteiger partial charge in [0, 0.05) is 5.38 Å². The lowest BCUT2D eigenvalue weighted by Crippen LogP contribution is -2.24. The van der Waals surface area contributed by atoms with Gasteiger partial charge in [-0.2, -0.15) is 0 Å². The van der Waals surface area contributed by atoms with Crippen molar-refractivity contribution in [3.63, 3.8) is 0 Å². The minimum atomic E-state index is -3.90. The molecule has 0 bridgehead atoms. The lowest BCUT2D eigenvalue weighted by molar-refractivity contribution is 0.0693. The van der Waals surface area contributed by atoms with Crippen LogP contribution in [-0.2, 0) is 16.6 Å². The van der Waals surface area contributed by atoms with Crippen molar-refractivity contribution >= 4 is 27.3 Å². The normalized spacial score (nSPS) is 11.5. The zero-order chi connectivity index (χ0) is 15.6. The molecule has 0 fully saturated rings. The Hall–Kier alpha value is -1.97. The minimum Gasteiger partial charge on any atom is -0.507 e. The highest BCUT2D eigenvalue weighted by molar-refractivity contribution is 7.89. The summed E-state index contributed by atoms with van der Waals surface area (Å²) in [6, 6.07) is 2.05. The van der Waals surface area contributed by atoms with Crippen LogP contribution in [0.5, 0.6) is 5.75 Å². The molecule has 0 saturated carbocycles. The second-order valence-corrected chi connectivity index (χ2v) is 6.70. The fraction of sp³-hybridized carbons (Fsp3) is 0.167. The van der Waals surface area contributed by atoms with Gasteiger partial charge in [-0.15, -0.1) is 11.3 Å². The summed E-state index contributed by atoms with van der Waals surface area (Å²) in [5.41, 5.74) is 1.94. The van der Waals surface area contributed by atoms with Crippen molar-refractivity contribution in [1.82, 2.24) is 9.71 Å². The number of benzene rings is 1. The second-order valence-electron chi connectivity index (χ2n) is 4.24. The molecule has 7 nitrogen and oxygen atoms in total. The SMILES string of the molecule is Cc1cc(O)c(C(=O)O)cc1S(=O)(=O)NCc1cscn1. The average Bonchev–Trinajstić information content (AvgIpc) is 2.88. The van der Waals surface area contributed by atoms with Crippen molar-refractivity contribution < 1.29 is 23.4 Å². The van der Waals surface area contributed by atoms with E-state index < -0.39 is 27.3 Å². The molecule has 2 aromatic rings. The first-order valence-corrected chi connectivity index (χ1v) is 8.17. The molecule has 1 aromatic carbocycles. The molecule has 0 aliphatic carbocycles. The summed E-state index contributed by atoms with van der Waals surface area (Å²) in [6.07, 6.45) is 0. The van der Waals surface area contributed by atoms with E-state index in [0.717, 1.165) is 12.1 Å². The number of sulfonamides is 1. The van der Waals surface area contributed by atoms with Crippen molar-refractivity contribution in [2.24, 2.45) is 0 Å². The quantitative estimate of drug-likeness (QED) is 0.762. The van der Waals surface area contributed by atoms with Crippen LogP contribution in [0.1, 0.15) is 21.6 Å². The van der Waals surface area contributed by atoms with E-state index in [1.165, 1.54) is 18.3 Å². The number of thiazole rings is 1. The molecule has 0 spiro atoms. The van der Waals surface area contributed by atoms with Crippen molar-refractivity contribution in [2.45, 2.75) is 18.4 Å². The molecule has 0 saturated heterocycles. The van der Waals surface area contributed by atoms with Gasteiger partial charge in [0.15, 0.2) is 0 Å². The highest BCUT2D eigenvalue weighted by Crippen LogP contribution is 2.25. The van der Waals surface area contributed by atoms with Crippen LogP contribution in [0.15, 0.2) is 27.9 Å². The summed E-state index contributed by atoms with van der Waals surface area (Å²) in [4.78, 5) is 14.7. The summed E-state index contributed by atoms with van der Waals surface area (Å²) in [6.45, 7) is 1.48. The molecule has 0 amide bonds. The Labute approximate surface area is 125 Å². The van der Waals surface area contributed by atoms with Crippen molar-refractivity contribution in [1.29, 1.82) is 0 Å². The van der Waals surface area contributed by atoms with E-state index in [-0.39, 0.29) is 17.0 Å². The monoisotopic (exact) mass is 328 g/mol. The van der Waals surface area contributed by atoms with Crippen LogP contribution in [0, 0.1) is 6.92 Å². The summed E-state index contributed by atoms with van der Waals surface area (Å²) in [5.74, 6) is -1.87. The minimum absolute atomic E-state index is 0.00849. The van der Waals surface area contributed by atoms with Gasteiger partial charge in [0.1, 0.15) is 11.3 Å². The van der Waals surface area contributed by atoms with E-state index in [1.54, 1.807) is 10.9 Å². The first-order valence-electron chi connectivity index (χ1n) is 5.75. The molecule has 9 heteroatoms. The summed E-state index contributed by atoms with van der Waals surface area (Å²) < 4.78 is 26.8. The third-order valence-electron chi connectivity index (χ3n) is 2.74. The van der Waals surface area contributed by atoms with Crippen LogP contribution in [0.3, 0.4) is 0 Å². The molecule has 0 atom stereocenters. The number of aromatic nitrogens is 1. The summed E-state index contributed by atoms with van der Waals surface area (Å²) in [7, 11) is -3.90. The Morgan fingerprint density at radius 2 is 2.14 bits per heavy atom. The van der Waals surface area contributed by atoms with Gasteiger partial charge >= 0.3 is 5.97 Å². The maximum atomic E-state index is 12.2. The van der Waals surface area contributed by atoms with Gasteiger partial charge in [0.05, 0.1) is 22.6 Å². The van der Waals surface area contributed by atoms with E-state index in [2.05, 4.69) is 9.71 Å². The molecule has 2 rings (SSSR count). The van der Waals surface area contributed by atoms with Gasteiger partial charge in [-0.05, 0) is 24.6 Å². The fourth-order valence-corrected chi connectivity index (χ4v) is 3.51. The van der Waals surface area contributed by atoms with E-state index in [0.29, 0.717) is 5.69 Å². The highest BCUT2D eigenvalue weighted by atomic mass is 32.2. The molecule has 1 aromatic heterocycles. The molecular formula is C12H12N2O5S2. The molecule has 1 heterocycles. The number of carboxylic acid groups (broad SMARTS) is 1. The Bertz CT molecular complexity index is 769. The standard InChI is InChI=1S/C12H12N2O5S2/c1-7-2-10(15)9(12(16)17)3-11(7)21(18,19)14-4-8-5-20-6-13-8/h2-3,5-6,14-15H,4H2,1H3,(H,16,17). The van der Waals surface area contributed by atoms with Crippen molar-refractivity contribution in [2.75, 3.05) is 0 Å². The molecular weight excluding hydrogens is 316 g/mol. The maximum absolute atomic E-state index is 12.2. The Morgan fingerprint density at radius 3 is 2.71 bits per heavy atom. The molecule has 112 valence electrons. The van der Waals surface area contributed by atoms with E-state index in [4.69, 9.17) is 5.11 Å². The Kier molecular flexibility index (Phi) is 4.26. The van der Waals surface area contributed by atoms with Crippen molar-refractivity contribution in [3.05, 3.63) is 39.8 Å². The molecule has 21 heavy (non-hydrogen) atoms. The van der Waals surface area contributed by atoms with Gasteiger partial charge < -0.3 is 10.2 Å². The fourth-order valence-electron chi connectivity index (χ4n) is 1.71.